The molecule has 1 atom stereocenters. The minimum atomic E-state index is 0.442. The Morgan fingerprint density at radius 3 is 2.24 bits per heavy atom. The van der Waals surface area contributed by atoms with Gasteiger partial charge in [0.2, 0.25) is 0 Å². The molecule has 0 spiro atoms. The van der Waals surface area contributed by atoms with Crippen LogP contribution in [-0.2, 0) is 6.42 Å². The monoisotopic (exact) mass is 407 g/mol. The second-order valence-corrected chi connectivity index (χ2v) is 7.62. The number of alkyl halides is 1. The lowest BCUT2D eigenvalue weighted by Crippen LogP contribution is -2.31. The van der Waals surface area contributed by atoms with Crippen LogP contribution in [0.1, 0.15) is 57.4 Å². The molecule has 3 heteroatoms. The molecule has 2 nitrogen and oxygen atoms in total. The van der Waals surface area contributed by atoms with E-state index in [9.17, 15) is 0 Å². The van der Waals surface area contributed by atoms with Gasteiger partial charge in [-0.1, -0.05) is 66.1 Å². The molecule has 1 aromatic carbocycles. The summed E-state index contributed by atoms with van der Waals surface area (Å²) in [6.07, 6.45) is 15.5. The van der Waals surface area contributed by atoms with E-state index in [1.54, 1.807) is 0 Å². The third-order valence-electron chi connectivity index (χ3n) is 4.59. The number of unbranched alkanes of at least 4 members (excludes halogenated alkanes) is 6. The fourth-order valence-corrected chi connectivity index (χ4v) is 3.19. The molecule has 0 bridgehead atoms. The second-order valence-electron chi connectivity index (χ2n) is 6.83. The van der Waals surface area contributed by atoms with Gasteiger partial charge in [0.25, 0.3) is 0 Å². The van der Waals surface area contributed by atoms with Gasteiger partial charge in [-0.05, 0) is 50.9 Å². The summed E-state index contributed by atoms with van der Waals surface area (Å²) in [6, 6.07) is 8.95. The smallest absolute Gasteiger partial charge is 0.119 e. The molecule has 0 N–H and O–H groups in total. The molecule has 0 aliphatic heterocycles. The zero-order chi connectivity index (χ0) is 18.3. The molecular weight excluding hydrogens is 374 g/mol. The maximum atomic E-state index is 5.85. The summed E-state index contributed by atoms with van der Waals surface area (Å²) < 4.78 is 5.85. The van der Waals surface area contributed by atoms with Crippen LogP contribution in [0.4, 0.5) is 0 Å². The molecule has 0 saturated heterocycles. The first-order valence-corrected chi connectivity index (χ1v) is 10.7. The Hall–Kier alpha value is -0.980. The van der Waals surface area contributed by atoms with Crippen molar-refractivity contribution in [2.45, 2.75) is 64.3 Å². The van der Waals surface area contributed by atoms with Crippen molar-refractivity contribution in [1.29, 1.82) is 0 Å². The summed E-state index contributed by atoms with van der Waals surface area (Å²) >= 11 is 3.48. The van der Waals surface area contributed by atoms with Gasteiger partial charge in [-0.2, -0.15) is 0 Å². The number of ether oxygens (including phenoxy) is 1. The lowest BCUT2D eigenvalue weighted by atomic mass is 10.1. The predicted molar refractivity (Wildman–Crippen MR) is 113 cm³/mol. The van der Waals surface area contributed by atoms with Gasteiger partial charge in [0.1, 0.15) is 5.75 Å². The average molecular weight is 408 g/mol. The summed E-state index contributed by atoms with van der Waals surface area (Å²) in [5.41, 5.74) is 1.33. The van der Waals surface area contributed by atoms with Crippen LogP contribution in [0.25, 0.3) is 0 Å². The zero-order valence-electron chi connectivity index (χ0n) is 16.0. The number of nitrogens with zero attached hydrogens (tertiary/aromatic N) is 1. The van der Waals surface area contributed by atoms with Crippen molar-refractivity contribution >= 4 is 15.9 Å². The third-order valence-corrected chi connectivity index (χ3v) is 5.16. The zero-order valence-corrected chi connectivity index (χ0v) is 17.6. The first kappa shape index (κ1) is 22.1. The highest BCUT2D eigenvalue weighted by molar-refractivity contribution is 9.09. The Balaban J connectivity index is 2.15. The van der Waals surface area contributed by atoms with E-state index in [0.717, 1.165) is 30.5 Å². The van der Waals surface area contributed by atoms with Crippen LogP contribution < -0.4 is 4.74 Å². The lowest BCUT2D eigenvalue weighted by Gasteiger charge is -2.22. The quantitative estimate of drug-likeness (QED) is 0.223. The molecule has 0 aromatic heterocycles. The Labute approximate surface area is 163 Å². The number of halogens is 1. The van der Waals surface area contributed by atoms with Crippen molar-refractivity contribution in [3.63, 3.8) is 0 Å². The van der Waals surface area contributed by atoms with Crippen molar-refractivity contribution in [2.75, 3.05) is 25.5 Å². The van der Waals surface area contributed by atoms with Crippen molar-refractivity contribution in [3.8, 4) is 18.1 Å². The van der Waals surface area contributed by atoms with Gasteiger partial charge in [0.15, 0.2) is 0 Å². The molecule has 0 fully saturated rings. The normalized spacial score (nSPS) is 12.1. The van der Waals surface area contributed by atoms with Crippen molar-refractivity contribution < 1.29 is 4.74 Å². The van der Waals surface area contributed by atoms with Gasteiger partial charge in [0.05, 0.1) is 13.2 Å². The maximum absolute atomic E-state index is 5.85. The standard InChI is InChI=1S/C22H34BrNO/c1-4-17-24(3)20(2)19-21-12-14-22(15-13-21)25-18-11-9-7-5-6-8-10-16-23/h1,12-15,20H,5-11,16-19H2,2-3H3/t20-/m1/s1. The minimum absolute atomic E-state index is 0.442. The number of likely N-dealkylation sites (N-methyl/N-ethyl adjacent to an activating group) is 1. The summed E-state index contributed by atoms with van der Waals surface area (Å²) in [7, 11) is 2.07. The van der Waals surface area contributed by atoms with Crippen LogP contribution in [-0.4, -0.2) is 36.5 Å². The summed E-state index contributed by atoms with van der Waals surface area (Å²) in [5.74, 6) is 3.67. The molecular formula is C22H34BrNO. The van der Waals surface area contributed by atoms with Gasteiger partial charge in [-0.15, -0.1) is 6.42 Å². The van der Waals surface area contributed by atoms with Crippen LogP contribution in [0.3, 0.4) is 0 Å². The van der Waals surface area contributed by atoms with Crippen LogP contribution in [0.2, 0.25) is 0 Å². The van der Waals surface area contributed by atoms with Gasteiger partial charge in [-0.25, -0.2) is 0 Å². The first-order valence-electron chi connectivity index (χ1n) is 9.58. The largest absolute Gasteiger partial charge is 0.494 e. The number of rotatable bonds is 14. The highest BCUT2D eigenvalue weighted by Gasteiger charge is 2.08. The van der Waals surface area contributed by atoms with Crippen LogP contribution >= 0.6 is 15.9 Å². The Morgan fingerprint density at radius 1 is 1.04 bits per heavy atom. The molecule has 0 unspecified atom stereocenters. The van der Waals surface area contributed by atoms with Gasteiger partial charge in [0, 0.05) is 11.4 Å². The fraction of sp³-hybridized carbons (Fsp3) is 0.636. The SMILES string of the molecule is C#CCN(C)[C@H](C)Cc1ccc(OCCCCCCCCCBr)cc1. The van der Waals surface area contributed by atoms with E-state index in [-0.39, 0.29) is 0 Å². The Bertz CT molecular complexity index is 480. The summed E-state index contributed by atoms with van der Waals surface area (Å²) in [5, 5.41) is 1.14. The molecule has 1 rings (SSSR count). The van der Waals surface area contributed by atoms with Crippen LogP contribution in [0.5, 0.6) is 5.75 Å². The molecule has 0 heterocycles. The molecule has 0 radical (unpaired) electrons. The van der Waals surface area contributed by atoms with E-state index in [1.165, 1.54) is 44.1 Å². The molecule has 0 aliphatic rings. The second kappa shape index (κ2) is 14.2. The van der Waals surface area contributed by atoms with E-state index in [1.807, 2.05) is 0 Å². The topological polar surface area (TPSA) is 12.5 Å². The van der Waals surface area contributed by atoms with Gasteiger partial charge < -0.3 is 4.74 Å². The van der Waals surface area contributed by atoms with Crippen molar-refractivity contribution in [2.24, 2.45) is 0 Å². The fourth-order valence-electron chi connectivity index (χ4n) is 2.79. The minimum Gasteiger partial charge on any atom is -0.494 e. The number of benzene rings is 1. The van der Waals surface area contributed by atoms with E-state index in [0.29, 0.717) is 12.6 Å². The molecule has 1 aromatic rings. The van der Waals surface area contributed by atoms with Crippen LogP contribution in [0, 0.1) is 12.3 Å². The van der Waals surface area contributed by atoms with Crippen LogP contribution in [0.15, 0.2) is 24.3 Å². The highest BCUT2D eigenvalue weighted by Crippen LogP contribution is 2.15. The molecule has 0 saturated carbocycles. The summed E-state index contributed by atoms with van der Waals surface area (Å²) in [6.45, 7) is 3.72. The number of terminal acetylenes is 1. The van der Waals surface area contributed by atoms with E-state index in [4.69, 9.17) is 11.2 Å². The average Bonchev–Trinajstić information content (AvgIpc) is 2.62. The highest BCUT2D eigenvalue weighted by atomic mass is 79.9. The lowest BCUT2D eigenvalue weighted by molar-refractivity contribution is 0.286. The Morgan fingerprint density at radius 2 is 1.64 bits per heavy atom. The van der Waals surface area contributed by atoms with Crippen molar-refractivity contribution in [1.82, 2.24) is 4.90 Å². The first-order chi connectivity index (χ1) is 12.2. The van der Waals surface area contributed by atoms with E-state index < -0.39 is 0 Å². The number of hydrogen-bond donors (Lipinski definition) is 0. The van der Waals surface area contributed by atoms with E-state index in [2.05, 4.69) is 65.0 Å². The maximum Gasteiger partial charge on any atom is 0.119 e. The molecule has 140 valence electrons. The van der Waals surface area contributed by atoms with Gasteiger partial charge >= 0.3 is 0 Å². The third kappa shape index (κ3) is 10.6. The van der Waals surface area contributed by atoms with E-state index >= 15 is 0 Å². The van der Waals surface area contributed by atoms with Crippen molar-refractivity contribution in [3.05, 3.63) is 29.8 Å². The predicted octanol–water partition coefficient (Wildman–Crippen LogP) is 5.69. The molecule has 25 heavy (non-hydrogen) atoms. The molecule has 0 aliphatic carbocycles. The molecule has 0 amide bonds. The number of hydrogen-bond acceptors (Lipinski definition) is 2. The Kier molecular flexibility index (Phi) is 12.5. The summed E-state index contributed by atoms with van der Waals surface area (Å²) in [4.78, 5) is 2.20. The van der Waals surface area contributed by atoms with Gasteiger partial charge in [-0.3, -0.25) is 4.90 Å².